The van der Waals surface area contributed by atoms with Gasteiger partial charge < -0.3 is 9.80 Å². The first-order valence-electron chi connectivity index (χ1n) is 7.81. The van der Waals surface area contributed by atoms with Gasteiger partial charge in [-0.15, -0.1) is 0 Å². The second-order valence-electron chi connectivity index (χ2n) is 6.10. The van der Waals surface area contributed by atoms with E-state index in [1.165, 1.54) is 17.8 Å². The lowest BCUT2D eigenvalue weighted by atomic mass is 10.0. The van der Waals surface area contributed by atoms with E-state index in [1.54, 1.807) is 0 Å². The SMILES string of the molecule is CN(C)c1cccc(C2CCCN2c2ncc([N+](=O)[O-])cc2Cl)c1. The fourth-order valence-electron chi connectivity index (χ4n) is 3.11. The maximum absolute atomic E-state index is 10.9. The number of aromatic nitrogens is 1. The van der Waals surface area contributed by atoms with Crippen LogP contribution in [-0.2, 0) is 0 Å². The fourth-order valence-corrected chi connectivity index (χ4v) is 3.38. The molecule has 1 fully saturated rings. The molecule has 1 aromatic carbocycles. The molecule has 2 aromatic rings. The maximum Gasteiger partial charge on any atom is 0.289 e. The predicted octanol–water partition coefficient (Wildman–Crippen LogP) is 4.05. The van der Waals surface area contributed by atoms with Gasteiger partial charge in [0.1, 0.15) is 12.0 Å². The molecule has 1 aliphatic rings. The van der Waals surface area contributed by atoms with Crippen molar-refractivity contribution in [2.24, 2.45) is 0 Å². The Bertz CT molecular complexity index is 766. The summed E-state index contributed by atoms with van der Waals surface area (Å²) >= 11 is 6.27. The van der Waals surface area contributed by atoms with Crippen LogP contribution in [0.2, 0.25) is 5.02 Å². The average Bonchev–Trinajstić information content (AvgIpc) is 3.04. The van der Waals surface area contributed by atoms with Crippen LogP contribution < -0.4 is 9.80 Å². The number of hydrogen-bond donors (Lipinski definition) is 0. The van der Waals surface area contributed by atoms with Gasteiger partial charge >= 0.3 is 0 Å². The third-order valence-electron chi connectivity index (χ3n) is 4.31. The van der Waals surface area contributed by atoms with E-state index in [2.05, 4.69) is 33.0 Å². The summed E-state index contributed by atoms with van der Waals surface area (Å²) in [6.07, 6.45) is 3.31. The van der Waals surface area contributed by atoms with Crippen molar-refractivity contribution in [1.29, 1.82) is 0 Å². The van der Waals surface area contributed by atoms with Gasteiger partial charge in [-0.1, -0.05) is 23.7 Å². The highest BCUT2D eigenvalue weighted by Crippen LogP contribution is 2.39. The van der Waals surface area contributed by atoms with Crippen molar-refractivity contribution in [1.82, 2.24) is 4.98 Å². The van der Waals surface area contributed by atoms with Crippen LogP contribution in [0.3, 0.4) is 0 Å². The van der Waals surface area contributed by atoms with Gasteiger partial charge in [0.15, 0.2) is 0 Å². The molecule has 0 saturated carbocycles. The lowest BCUT2D eigenvalue weighted by molar-refractivity contribution is -0.385. The number of nitro groups is 1. The van der Waals surface area contributed by atoms with Gasteiger partial charge in [-0.05, 0) is 30.5 Å². The number of anilines is 2. The van der Waals surface area contributed by atoms with Crippen LogP contribution in [0.4, 0.5) is 17.2 Å². The first kappa shape index (κ1) is 16.5. The summed E-state index contributed by atoms with van der Waals surface area (Å²) < 4.78 is 0. The number of benzene rings is 1. The second kappa shape index (κ2) is 6.65. The molecule has 126 valence electrons. The van der Waals surface area contributed by atoms with E-state index in [0.29, 0.717) is 10.8 Å². The number of halogens is 1. The highest BCUT2D eigenvalue weighted by Gasteiger charge is 2.29. The smallest absolute Gasteiger partial charge is 0.289 e. The van der Waals surface area contributed by atoms with E-state index < -0.39 is 4.92 Å². The minimum Gasteiger partial charge on any atom is -0.378 e. The molecule has 7 heteroatoms. The molecule has 1 atom stereocenters. The second-order valence-corrected chi connectivity index (χ2v) is 6.50. The zero-order valence-electron chi connectivity index (χ0n) is 13.6. The molecular weight excluding hydrogens is 328 g/mol. The van der Waals surface area contributed by atoms with Gasteiger partial charge in [0, 0.05) is 32.4 Å². The Morgan fingerprint density at radius 2 is 2.17 bits per heavy atom. The van der Waals surface area contributed by atoms with Crippen LogP contribution in [0.1, 0.15) is 24.4 Å². The third-order valence-corrected chi connectivity index (χ3v) is 4.59. The van der Waals surface area contributed by atoms with Crippen LogP contribution in [0.5, 0.6) is 0 Å². The molecule has 0 amide bonds. The molecular formula is C17H19ClN4O2. The highest BCUT2D eigenvalue weighted by molar-refractivity contribution is 6.33. The topological polar surface area (TPSA) is 62.5 Å². The van der Waals surface area contributed by atoms with Crippen molar-refractivity contribution >= 4 is 28.8 Å². The molecule has 2 heterocycles. The number of nitrogens with zero attached hydrogens (tertiary/aromatic N) is 4. The number of rotatable bonds is 4. The van der Waals surface area contributed by atoms with Crippen LogP contribution in [0, 0.1) is 10.1 Å². The zero-order chi connectivity index (χ0) is 17.3. The maximum atomic E-state index is 10.9. The summed E-state index contributed by atoms with van der Waals surface area (Å²) in [6.45, 7) is 0.835. The van der Waals surface area contributed by atoms with E-state index in [0.717, 1.165) is 25.1 Å². The zero-order valence-corrected chi connectivity index (χ0v) is 14.4. The highest BCUT2D eigenvalue weighted by atomic mass is 35.5. The molecule has 24 heavy (non-hydrogen) atoms. The standard InChI is InChI=1S/C17H19ClN4O2/c1-20(2)13-6-3-5-12(9-13)16-7-4-8-21(16)17-15(18)10-14(11-19-17)22(23)24/h3,5-6,9-11,16H,4,7-8H2,1-2H3. The lowest BCUT2D eigenvalue weighted by Crippen LogP contribution is -2.24. The predicted molar refractivity (Wildman–Crippen MR) is 96.0 cm³/mol. The van der Waals surface area contributed by atoms with Gasteiger partial charge in [0.2, 0.25) is 0 Å². The van der Waals surface area contributed by atoms with E-state index in [1.807, 2.05) is 20.2 Å². The quantitative estimate of drug-likeness (QED) is 0.617. The Hall–Kier alpha value is -2.34. The van der Waals surface area contributed by atoms with E-state index >= 15 is 0 Å². The van der Waals surface area contributed by atoms with Crippen LogP contribution in [0.25, 0.3) is 0 Å². The lowest BCUT2D eigenvalue weighted by Gasteiger charge is -2.27. The summed E-state index contributed by atoms with van der Waals surface area (Å²) in [7, 11) is 4.03. The molecule has 0 aliphatic carbocycles. The van der Waals surface area contributed by atoms with Crippen molar-refractivity contribution in [2.75, 3.05) is 30.4 Å². The summed E-state index contributed by atoms with van der Waals surface area (Å²) in [5.74, 6) is 0.611. The van der Waals surface area contributed by atoms with Crippen molar-refractivity contribution in [3.05, 3.63) is 57.2 Å². The van der Waals surface area contributed by atoms with E-state index in [-0.39, 0.29) is 11.7 Å². The summed E-state index contributed by atoms with van der Waals surface area (Å²) in [6, 6.07) is 9.94. The van der Waals surface area contributed by atoms with Crippen molar-refractivity contribution in [2.45, 2.75) is 18.9 Å². The Morgan fingerprint density at radius 3 is 2.83 bits per heavy atom. The van der Waals surface area contributed by atoms with Crippen molar-refractivity contribution in [3.63, 3.8) is 0 Å². The number of hydrogen-bond acceptors (Lipinski definition) is 5. The largest absolute Gasteiger partial charge is 0.378 e. The molecule has 3 rings (SSSR count). The molecule has 6 nitrogen and oxygen atoms in total. The average molecular weight is 347 g/mol. The minimum atomic E-state index is -0.481. The first-order valence-corrected chi connectivity index (χ1v) is 8.19. The summed E-state index contributed by atoms with van der Waals surface area (Å²) in [5, 5.41) is 11.2. The molecule has 1 unspecified atom stereocenters. The van der Waals surface area contributed by atoms with Crippen molar-refractivity contribution in [3.8, 4) is 0 Å². The van der Waals surface area contributed by atoms with Crippen LogP contribution in [0.15, 0.2) is 36.5 Å². The van der Waals surface area contributed by atoms with Crippen molar-refractivity contribution < 1.29 is 4.92 Å². The van der Waals surface area contributed by atoms with Gasteiger partial charge in [-0.25, -0.2) is 4.98 Å². The minimum absolute atomic E-state index is 0.0888. The van der Waals surface area contributed by atoms with Gasteiger partial charge in [0.25, 0.3) is 5.69 Å². The Morgan fingerprint density at radius 1 is 1.38 bits per heavy atom. The molecule has 0 radical (unpaired) electrons. The Labute approximate surface area is 145 Å². The summed E-state index contributed by atoms with van der Waals surface area (Å²) in [4.78, 5) is 18.8. The third kappa shape index (κ3) is 3.14. The van der Waals surface area contributed by atoms with Gasteiger partial charge in [-0.3, -0.25) is 10.1 Å². The molecule has 0 N–H and O–H groups in total. The van der Waals surface area contributed by atoms with E-state index in [9.17, 15) is 10.1 Å². The monoisotopic (exact) mass is 346 g/mol. The fraction of sp³-hybridized carbons (Fsp3) is 0.353. The van der Waals surface area contributed by atoms with Crippen LogP contribution in [-0.4, -0.2) is 30.5 Å². The van der Waals surface area contributed by atoms with Gasteiger partial charge in [0.05, 0.1) is 16.0 Å². The Kier molecular flexibility index (Phi) is 4.57. The Balaban J connectivity index is 1.94. The molecule has 1 aliphatic heterocycles. The molecule has 1 saturated heterocycles. The van der Waals surface area contributed by atoms with Crippen LogP contribution >= 0.6 is 11.6 Å². The molecule has 0 spiro atoms. The van der Waals surface area contributed by atoms with E-state index in [4.69, 9.17) is 11.6 Å². The first-order chi connectivity index (χ1) is 11.5. The summed E-state index contributed by atoms with van der Waals surface area (Å²) in [5.41, 5.74) is 2.26. The normalized spacial score (nSPS) is 17.1. The number of pyridine rings is 1. The van der Waals surface area contributed by atoms with Gasteiger partial charge in [-0.2, -0.15) is 0 Å². The molecule has 1 aromatic heterocycles. The molecule has 0 bridgehead atoms.